The van der Waals surface area contributed by atoms with Gasteiger partial charge in [0.15, 0.2) is 0 Å². The van der Waals surface area contributed by atoms with Crippen LogP contribution in [0.1, 0.15) is 31.2 Å². The first-order valence-electron chi connectivity index (χ1n) is 7.24. The number of rotatable bonds is 4. The first-order chi connectivity index (χ1) is 10.2. The number of esters is 1. The number of carbonyl (C=O) groups is 2. The lowest BCUT2D eigenvalue weighted by Crippen LogP contribution is -2.40. The van der Waals surface area contributed by atoms with Crippen LogP contribution < -0.4 is 5.32 Å². The van der Waals surface area contributed by atoms with Crippen LogP contribution in [0, 0.1) is 5.92 Å². The fraction of sp³-hybridized carbons (Fsp3) is 0.500. The summed E-state index contributed by atoms with van der Waals surface area (Å²) < 4.78 is 9.95. The summed E-state index contributed by atoms with van der Waals surface area (Å²) in [7, 11) is 1.40. The molecule has 2 atom stereocenters. The summed E-state index contributed by atoms with van der Waals surface area (Å²) >= 11 is 0. The molecule has 0 unspecified atom stereocenters. The number of ether oxygens (including phenoxy) is 2. The van der Waals surface area contributed by atoms with E-state index in [-0.39, 0.29) is 24.5 Å². The topological polar surface area (TPSA) is 64.6 Å². The number of hydrogen-bond donors (Lipinski definition) is 1. The van der Waals surface area contributed by atoms with Crippen molar-refractivity contribution in [3.63, 3.8) is 0 Å². The summed E-state index contributed by atoms with van der Waals surface area (Å²) in [4.78, 5) is 23.3. The highest BCUT2D eigenvalue weighted by Crippen LogP contribution is 2.25. The number of carbonyl (C=O) groups excluding carboxylic acids is 2. The molecule has 1 aliphatic carbocycles. The van der Waals surface area contributed by atoms with Crippen molar-refractivity contribution in [3.8, 4) is 0 Å². The molecule has 5 nitrogen and oxygen atoms in total. The quantitative estimate of drug-likeness (QED) is 0.866. The molecule has 0 aliphatic heterocycles. The molecule has 1 N–H and O–H groups in total. The van der Waals surface area contributed by atoms with Crippen molar-refractivity contribution in [1.29, 1.82) is 0 Å². The van der Waals surface area contributed by atoms with E-state index in [1.54, 1.807) is 0 Å². The normalized spacial score (nSPS) is 21.4. The predicted molar refractivity (Wildman–Crippen MR) is 77.5 cm³/mol. The summed E-state index contributed by atoms with van der Waals surface area (Å²) in [5, 5.41) is 2.83. The molecule has 0 saturated heterocycles. The molecule has 0 bridgehead atoms. The summed E-state index contributed by atoms with van der Waals surface area (Å²) in [6, 6.07) is 9.50. The standard InChI is InChI=1S/C16H21NO4/c1-20-15(18)13-8-5-9-14(10-13)17-16(19)21-11-12-6-3-2-4-7-12/h2-4,6-7,13-14H,5,8-11H2,1H3,(H,17,19)/t13-,14+/m0/s1. The molecule has 1 amide bonds. The van der Waals surface area contributed by atoms with Gasteiger partial charge in [-0.15, -0.1) is 0 Å². The fourth-order valence-corrected chi connectivity index (χ4v) is 2.63. The van der Waals surface area contributed by atoms with Crippen molar-refractivity contribution in [1.82, 2.24) is 5.32 Å². The van der Waals surface area contributed by atoms with Crippen LogP contribution in [0.4, 0.5) is 4.79 Å². The van der Waals surface area contributed by atoms with Gasteiger partial charge in [0.05, 0.1) is 13.0 Å². The van der Waals surface area contributed by atoms with Crippen molar-refractivity contribution in [2.45, 2.75) is 38.3 Å². The molecule has 0 radical (unpaired) electrons. The van der Waals surface area contributed by atoms with Crippen molar-refractivity contribution >= 4 is 12.1 Å². The predicted octanol–water partition coefficient (Wildman–Crippen LogP) is 2.64. The molecule has 1 aromatic carbocycles. The number of benzene rings is 1. The van der Waals surface area contributed by atoms with E-state index in [9.17, 15) is 9.59 Å². The average molecular weight is 291 g/mol. The molecule has 114 valence electrons. The third kappa shape index (κ3) is 4.77. The zero-order valence-electron chi connectivity index (χ0n) is 12.2. The fourth-order valence-electron chi connectivity index (χ4n) is 2.63. The second kappa shape index (κ2) is 7.67. The largest absolute Gasteiger partial charge is 0.469 e. The minimum absolute atomic E-state index is 0.0221. The minimum Gasteiger partial charge on any atom is -0.469 e. The van der Waals surface area contributed by atoms with Gasteiger partial charge in [-0.2, -0.15) is 0 Å². The molecule has 1 aromatic rings. The van der Waals surface area contributed by atoms with Gasteiger partial charge in [-0.3, -0.25) is 4.79 Å². The summed E-state index contributed by atoms with van der Waals surface area (Å²) in [5.74, 6) is -0.317. The Morgan fingerprint density at radius 2 is 2.00 bits per heavy atom. The lowest BCUT2D eigenvalue weighted by molar-refractivity contribution is -0.146. The molecule has 0 spiro atoms. The highest BCUT2D eigenvalue weighted by molar-refractivity contribution is 5.73. The van der Waals surface area contributed by atoms with Crippen molar-refractivity contribution in [3.05, 3.63) is 35.9 Å². The van der Waals surface area contributed by atoms with E-state index >= 15 is 0 Å². The third-order valence-corrected chi connectivity index (χ3v) is 3.74. The molecule has 5 heteroatoms. The van der Waals surface area contributed by atoms with Crippen LogP contribution in [0.25, 0.3) is 0 Å². The number of nitrogens with one attached hydrogen (secondary N) is 1. The number of methoxy groups -OCH3 is 1. The van der Waals surface area contributed by atoms with Crippen LogP contribution >= 0.6 is 0 Å². The van der Waals surface area contributed by atoms with Gasteiger partial charge in [-0.05, 0) is 24.8 Å². The van der Waals surface area contributed by atoms with Gasteiger partial charge < -0.3 is 14.8 Å². The van der Waals surface area contributed by atoms with Crippen LogP contribution in [0.5, 0.6) is 0 Å². The first-order valence-corrected chi connectivity index (χ1v) is 7.24. The summed E-state index contributed by atoms with van der Waals surface area (Å²) in [5.41, 5.74) is 0.948. The third-order valence-electron chi connectivity index (χ3n) is 3.74. The van der Waals surface area contributed by atoms with Gasteiger partial charge in [0.25, 0.3) is 0 Å². The van der Waals surface area contributed by atoms with Gasteiger partial charge in [0, 0.05) is 6.04 Å². The highest BCUT2D eigenvalue weighted by Gasteiger charge is 2.28. The van der Waals surface area contributed by atoms with E-state index in [1.165, 1.54) is 7.11 Å². The van der Waals surface area contributed by atoms with E-state index in [4.69, 9.17) is 9.47 Å². The molecular formula is C16H21NO4. The Hall–Kier alpha value is -2.04. The second-order valence-corrected chi connectivity index (χ2v) is 5.29. The average Bonchev–Trinajstić information content (AvgIpc) is 2.53. The second-order valence-electron chi connectivity index (χ2n) is 5.29. The van der Waals surface area contributed by atoms with Crippen molar-refractivity contribution in [2.75, 3.05) is 7.11 Å². The number of alkyl carbamates (subject to hydrolysis) is 1. The Morgan fingerprint density at radius 3 is 2.71 bits per heavy atom. The SMILES string of the molecule is COC(=O)[C@H]1CCC[C@@H](NC(=O)OCc2ccccc2)C1. The van der Waals surface area contributed by atoms with E-state index in [1.807, 2.05) is 30.3 Å². The Labute approximate surface area is 124 Å². The Bertz CT molecular complexity index is 474. The molecule has 1 fully saturated rings. The minimum atomic E-state index is -0.436. The lowest BCUT2D eigenvalue weighted by atomic mass is 9.86. The van der Waals surface area contributed by atoms with E-state index in [0.29, 0.717) is 6.42 Å². The molecular weight excluding hydrogens is 270 g/mol. The molecule has 0 heterocycles. The van der Waals surface area contributed by atoms with Crippen LogP contribution in [0.3, 0.4) is 0 Å². The zero-order valence-corrected chi connectivity index (χ0v) is 12.2. The molecule has 0 aromatic heterocycles. The Balaban J connectivity index is 1.76. The first kappa shape index (κ1) is 15.4. The number of hydrogen-bond acceptors (Lipinski definition) is 4. The maximum absolute atomic E-state index is 11.8. The molecule has 1 aliphatic rings. The molecule has 2 rings (SSSR count). The van der Waals surface area contributed by atoms with Crippen LogP contribution in [0.2, 0.25) is 0 Å². The molecule has 1 saturated carbocycles. The van der Waals surface area contributed by atoms with Crippen LogP contribution in [0.15, 0.2) is 30.3 Å². The van der Waals surface area contributed by atoms with Gasteiger partial charge in [0.1, 0.15) is 6.61 Å². The highest BCUT2D eigenvalue weighted by atomic mass is 16.5. The van der Waals surface area contributed by atoms with Gasteiger partial charge in [-0.25, -0.2) is 4.79 Å². The van der Waals surface area contributed by atoms with Crippen LogP contribution in [-0.2, 0) is 20.9 Å². The van der Waals surface area contributed by atoms with Gasteiger partial charge >= 0.3 is 12.1 Å². The Kier molecular flexibility index (Phi) is 5.60. The smallest absolute Gasteiger partial charge is 0.407 e. The van der Waals surface area contributed by atoms with Crippen molar-refractivity contribution in [2.24, 2.45) is 5.92 Å². The van der Waals surface area contributed by atoms with E-state index < -0.39 is 6.09 Å². The van der Waals surface area contributed by atoms with Gasteiger partial charge in [0.2, 0.25) is 0 Å². The number of amides is 1. The monoisotopic (exact) mass is 291 g/mol. The summed E-state index contributed by atoms with van der Waals surface area (Å²) in [6.07, 6.45) is 2.78. The van der Waals surface area contributed by atoms with E-state index in [2.05, 4.69) is 5.32 Å². The summed E-state index contributed by atoms with van der Waals surface area (Å²) in [6.45, 7) is 0.250. The Morgan fingerprint density at radius 1 is 1.24 bits per heavy atom. The van der Waals surface area contributed by atoms with Crippen LogP contribution in [-0.4, -0.2) is 25.2 Å². The van der Waals surface area contributed by atoms with Crippen molar-refractivity contribution < 1.29 is 19.1 Å². The zero-order chi connectivity index (χ0) is 15.1. The maximum Gasteiger partial charge on any atom is 0.407 e. The lowest BCUT2D eigenvalue weighted by Gasteiger charge is -2.27. The van der Waals surface area contributed by atoms with Gasteiger partial charge in [-0.1, -0.05) is 36.8 Å². The molecule has 21 heavy (non-hydrogen) atoms. The maximum atomic E-state index is 11.8. The van der Waals surface area contributed by atoms with E-state index in [0.717, 1.165) is 24.8 Å².